The number of aromatic nitrogens is 2. The maximum absolute atomic E-state index is 12.9. The van der Waals surface area contributed by atoms with E-state index in [1.807, 2.05) is 60.7 Å². The molecule has 2 heterocycles. The standard InChI is InChI=1S/C22H22N4O/c27-21(20-10-5-4-9-19(20)17-7-2-1-3-8-17)25-18-11-15-26(16-12-18)22-23-13-6-14-24-22/h1-10,13-14,18H,11-12,15-16H2,(H,25,27). The third kappa shape index (κ3) is 3.97. The zero-order chi connectivity index (χ0) is 18.5. The summed E-state index contributed by atoms with van der Waals surface area (Å²) in [6, 6.07) is 19.8. The molecule has 1 aliphatic rings. The highest BCUT2D eigenvalue weighted by atomic mass is 16.1. The second-order valence-electron chi connectivity index (χ2n) is 6.70. The van der Waals surface area contributed by atoms with Gasteiger partial charge in [-0.3, -0.25) is 4.79 Å². The van der Waals surface area contributed by atoms with Crippen LogP contribution in [0.1, 0.15) is 23.2 Å². The number of hydrogen-bond acceptors (Lipinski definition) is 4. The Morgan fingerprint density at radius 2 is 1.56 bits per heavy atom. The lowest BCUT2D eigenvalue weighted by Gasteiger charge is -2.32. The Morgan fingerprint density at radius 1 is 0.889 bits per heavy atom. The highest BCUT2D eigenvalue weighted by Crippen LogP contribution is 2.24. The van der Waals surface area contributed by atoms with E-state index >= 15 is 0 Å². The van der Waals surface area contributed by atoms with Crippen molar-refractivity contribution in [1.29, 1.82) is 0 Å². The van der Waals surface area contributed by atoms with Gasteiger partial charge in [0.25, 0.3) is 5.91 Å². The molecule has 1 saturated heterocycles. The fourth-order valence-electron chi connectivity index (χ4n) is 3.49. The van der Waals surface area contributed by atoms with Crippen LogP contribution in [-0.4, -0.2) is 35.0 Å². The molecule has 1 fully saturated rings. The van der Waals surface area contributed by atoms with Crippen molar-refractivity contribution >= 4 is 11.9 Å². The molecule has 1 aliphatic heterocycles. The highest BCUT2D eigenvalue weighted by Gasteiger charge is 2.23. The number of nitrogens with one attached hydrogen (secondary N) is 1. The predicted molar refractivity (Wildman–Crippen MR) is 107 cm³/mol. The van der Waals surface area contributed by atoms with Crippen molar-refractivity contribution in [3.05, 3.63) is 78.6 Å². The largest absolute Gasteiger partial charge is 0.349 e. The van der Waals surface area contributed by atoms with Gasteiger partial charge in [-0.05, 0) is 36.1 Å². The number of nitrogens with zero attached hydrogens (tertiary/aromatic N) is 3. The molecule has 2 aromatic carbocycles. The monoisotopic (exact) mass is 358 g/mol. The fraction of sp³-hybridized carbons (Fsp3) is 0.227. The van der Waals surface area contributed by atoms with Crippen LogP contribution in [0.15, 0.2) is 73.1 Å². The molecule has 0 radical (unpaired) electrons. The number of anilines is 1. The Labute approximate surface area is 159 Å². The molecule has 1 aromatic heterocycles. The lowest BCUT2D eigenvalue weighted by molar-refractivity contribution is 0.0931. The van der Waals surface area contributed by atoms with E-state index in [4.69, 9.17) is 0 Å². The quantitative estimate of drug-likeness (QED) is 0.775. The summed E-state index contributed by atoms with van der Waals surface area (Å²) in [4.78, 5) is 23.7. The van der Waals surface area contributed by atoms with Crippen molar-refractivity contribution in [1.82, 2.24) is 15.3 Å². The summed E-state index contributed by atoms with van der Waals surface area (Å²) in [6.07, 6.45) is 5.29. The van der Waals surface area contributed by atoms with Gasteiger partial charge < -0.3 is 10.2 Å². The van der Waals surface area contributed by atoms with Gasteiger partial charge in [-0.15, -0.1) is 0 Å². The molecule has 0 bridgehead atoms. The summed E-state index contributed by atoms with van der Waals surface area (Å²) >= 11 is 0. The Bertz CT molecular complexity index is 890. The SMILES string of the molecule is O=C(NC1CCN(c2ncccn2)CC1)c1ccccc1-c1ccccc1. The van der Waals surface area contributed by atoms with Gasteiger partial charge >= 0.3 is 0 Å². The number of carbonyl (C=O) groups is 1. The van der Waals surface area contributed by atoms with Crippen LogP contribution < -0.4 is 10.2 Å². The number of amides is 1. The molecule has 1 amide bonds. The first-order valence-corrected chi connectivity index (χ1v) is 9.28. The summed E-state index contributed by atoms with van der Waals surface area (Å²) in [6.45, 7) is 1.69. The van der Waals surface area contributed by atoms with E-state index in [1.165, 1.54) is 0 Å². The van der Waals surface area contributed by atoms with Crippen molar-refractivity contribution in [2.24, 2.45) is 0 Å². The van der Waals surface area contributed by atoms with E-state index in [0.717, 1.165) is 48.6 Å². The molecule has 136 valence electrons. The first kappa shape index (κ1) is 17.2. The molecule has 0 saturated carbocycles. The molecule has 1 N–H and O–H groups in total. The number of benzene rings is 2. The minimum absolute atomic E-state index is 0.0103. The lowest BCUT2D eigenvalue weighted by Crippen LogP contribution is -2.45. The number of piperidine rings is 1. The second-order valence-corrected chi connectivity index (χ2v) is 6.70. The van der Waals surface area contributed by atoms with Crippen molar-refractivity contribution < 1.29 is 4.79 Å². The van der Waals surface area contributed by atoms with Gasteiger partial charge in [0, 0.05) is 37.1 Å². The smallest absolute Gasteiger partial charge is 0.252 e. The average Bonchev–Trinajstić information content (AvgIpc) is 2.75. The first-order valence-electron chi connectivity index (χ1n) is 9.28. The lowest BCUT2D eigenvalue weighted by atomic mass is 9.98. The van der Waals surface area contributed by atoms with Crippen LogP contribution in [0.2, 0.25) is 0 Å². The maximum atomic E-state index is 12.9. The Hall–Kier alpha value is -3.21. The van der Waals surface area contributed by atoms with Crippen LogP contribution in [0, 0.1) is 0 Å². The van der Waals surface area contributed by atoms with E-state index in [-0.39, 0.29) is 11.9 Å². The molecule has 0 spiro atoms. The number of rotatable bonds is 4. The third-order valence-electron chi connectivity index (χ3n) is 4.92. The topological polar surface area (TPSA) is 58.1 Å². The van der Waals surface area contributed by atoms with Crippen LogP contribution >= 0.6 is 0 Å². The van der Waals surface area contributed by atoms with E-state index in [2.05, 4.69) is 20.2 Å². The Kier molecular flexibility index (Phi) is 5.10. The van der Waals surface area contributed by atoms with Gasteiger partial charge in [0.1, 0.15) is 0 Å². The van der Waals surface area contributed by atoms with E-state index in [9.17, 15) is 4.79 Å². The highest BCUT2D eigenvalue weighted by molar-refractivity contribution is 6.01. The van der Waals surface area contributed by atoms with Crippen LogP contribution in [0.5, 0.6) is 0 Å². The number of hydrogen-bond donors (Lipinski definition) is 1. The molecule has 4 rings (SSSR count). The minimum Gasteiger partial charge on any atom is -0.349 e. The van der Waals surface area contributed by atoms with E-state index in [0.29, 0.717) is 0 Å². The molecule has 27 heavy (non-hydrogen) atoms. The molecule has 5 heteroatoms. The van der Waals surface area contributed by atoms with Gasteiger partial charge in [0.2, 0.25) is 5.95 Å². The zero-order valence-corrected chi connectivity index (χ0v) is 15.1. The normalized spacial score (nSPS) is 14.7. The van der Waals surface area contributed by atoms with E-state index < -0.39 is 0 Å². The average molecular weight is 358 g/mol. The molecular formula is C22H22N4O. The maximum Gasteiger partial charge on any atom is 0.252 e. The number of carbonyl (C=O) groups excluding carboxylic acids is 1. The Balaban J connectivity index is 1.42. The van der Waals surface area contributed by atoms with E-state index in [1.54, 1.807) is 12.4 Å². The van der Waals surface area contributed by atoms with Gasteiger partial charge in [-0.1, -0.05) is 48.5 Å². The van der Waals surface area contributed by atoms with Crippen LogP contribution in [0.3, 0.4) is 0 Å². The zero-order valence-electron chi connectivity index (χ0n) is 15.1. The molecular weight excluding hydrogens is 336 g/mol. The van der Waals surface area contributed by atoms with Gasteiger partial charge in [0.05, 0.1) is 0 Å². The minimum atomic E-state index is -0.0103. The molecule has 0 aliphatic carbocycles. The summed E-state index contributed by atoms with van der Waals surface area (Å²) < 4.78 is 0. The third-order valence-corrected chi connectivity index (χ3v) is 4.92. The van der Waals surface area contributed by atoms with Crippen LogP contribution in [0.25, 0.3) is 11.1 Å². The Morgan fingerprint density at radius 3 is 2.30 bits per heavy atom. The first-order chi connectivity index (χ1) is 13.3. The summed E-state index contributed by atoms with van der Waals surface area (Å²) in [5.41, 5.74) is 2.74. The molecule has 0 atom stereocenters. The van der Waals surface area contributed by atoms with Crippen molar-refractivity contribution in [3.63, 3.8) is 0 Å². The second kappa shape index (κ2) is 7.99. The van der Waals surface area contributed by atoms with Crippen molar-refractivity contribution in [3.8, 4) is 11.1 Å². The van der Waals surface area contributed by atoms with Crippen LogP contribution in [-0.2, 0) is 0 Å². The van der Waals surface area contributed by atoms with Crippen molar-refractivity contribution in [2.45, 2.75) is 18.9 Å². The summed E-state index contributed by atoms with van der Waals surface area (Å²) in [7, 11) is 0. The summed E-state index contributed by atoms with van der Waals surface area (Å²) in [5, 5.41) is 3.21. The van der Waals surface area contributed by atoms with Crippen LogP contribution in [0.4, 0.5) is 5.95 Å². The molecule has 3 aromatic rings. The molecule has 0 unspecified atom stereocenters. The van der Waals surface area contributed by atoms with Gasteiger partial charge in [-0.2, -0.15) is 0 Å². The van der Waals surface area contributed by atoms with Gasteiger partial charge in [-0.25, -0.2) is 9.97 Å². The van der Waals surface area contributed by atoms with Crippen molar-refractivity contribution in [2.75, 3.05) is 18.0 Å². The molecule has 5 nitrogen and oxygen atoms in total. The predicted octanol–water partition coefficient (Wildman–Crippen LogP) is 3.54. The van der Waals surface area contributed by atoms with Gasteiger partial charge in [0.15, 0.2) is 0 Å². The summed E-state index contributed by atoms with van der Waals surface area (Å²) in [5.74, 6) is 0.751. The fourth-order valence-corrected chi connectivity index (χ4v) is 3.49.